The molecule has 1 aliphatic heterocycles. The fraction of sp³-hybridized carbons (Fsp3) is 0.316. The summed E-state index contributed by atoms with van der Waals surface area (Å²) in [5.74, 6) is 0.112. The van der Waals surface area contributed by atoms with E-state index in [1.54, 1.807) is 16.8 Å². The van der Waals surface area contributed by atoms with Crippen molar-refractivity contribution >= 4 is 11.7 Å². The molecular formula is C19H20N4O3. The summed E-state index contributed by atoms with van der Waals surface area (Å²) < 4.78 is 1.79. The lowest BCUT2D eigenvalue weighted by molar-refractivity contribution is 0.131. The van der Waals surface area contributed by atoms with E-state index in [2.05, 4.69) is 10.1 Å². The molecule has 1 fully saturated rings. The van der Waals surface area contributed by atoms with Crippen LogP contribution in [0.25, 0.3) is 16.8 Å². The SMILES string of the molecule is Cc1ccc(-c2cnn3c(C4CCN(C(=O)O)CC4)cc(=O)[nH]c23)cc1. The molecule has 7 nitrogen and oxygen atoms in total. The number of likely N-dealkylation sites (tertiary alicyclic amines) is 1. The third kappa shape index (κ3) is 2.85. The van der Waals surface area contributed by atoms with Crippen LogP contribution in [0.15, 0.2) is 41.3 Å². The summed E-state index contributed by atoms with van der Waals surface area (Å²) in [6.07, 6.45) is 2.25. The highest BCUT2D eigenvalue weighted by Gasteiger charge is 2.26. The van der Waals surface area contributed by atoms with Crippen LogP contribution < -0.4 is 5.56 Å². The molecule has 0 radical (unpaired) electrons. The molecule has 3 heterocycles. The molecule has 0 unspecified atom stereocenters. The van der Waals surface area contributed by atoms with Gasteiger partial charge in [0.15, 0.2) is 0 Å². The average Bonchev–Trinajstić information content (AvgIpc) is 3.05. The minimum Gasteiger partial charge on any atom is -0.465 e. The Kier molecular flexibility index (Phi) is 3.99. The summed E-state index contributed by atoms with van der Waals surface area (Å²) in [6.45, 7) is 2.98. The van der Waals surface area contributed by atoms with Gasteiger partial charge >= 0.3 is 6.09 Å². The van der Waals surface area contributed by atoms with Crippen molar-refractivity contribution in [2.45, 2.75) is 25.7 Å². The van der Waals surface area contributed by atoms with Crippen molar-refractivity contribution in [1.82, 2.24) is 19.5 Å². The Morgan fingerprint density at radius 1 is 1.23 bits per heavy atom. The largest absolute Gasteiger partial charge is 0.465 e. The van der Waals surface area contributed by atoms with Crippen LogP contribution in [0.1, 0.15) is 30.0 Å². The lowest BCUT2D eigenvalue weighted by Crippen LogP contribution is -2.37. The molecular weight excluding hydrogens is 332 g/mol. The number of nitrogens with zero attached hydrogens (tertiary/aromatic N) is 3. The van der Waals surface area contributed by atoms with E-state index in [1.165, 1.54) is 10.5 Å². The van der Waals surface area contributed by atoms with E-state index < -0.39 is 6.09 Å². The van der Waals surface area contributed by atoms with Crippen molar-refractivity contribution < 1.29 is 9.90 Å². The number of carboxylic acid groups (broad SMARTS) is 1. The molecule has 1 saturated heterocycles. The van der Waals surface area contributed by atoms with Gasteiger partial charge in [0, 0.05) is 30.6 Å². The van der Waals surface area contributed by atoms with Crippen molar-refractivity contribution in [3.63, 3.8) is 0 Å². The molecule has 1 aromatic carbocycles. The van der Waals surface area contributed by atoms with Gasteiger partial charge in [-0.2, -0.15) is 5.10 Å². The topological polar surface area (TPSA) is 90.7 Å². The van der Waals surface area contributed by atoms with Gasteiger partial charge in [0.2, 0.25) is 0 Å². The number of carbonyl (C=O) groups is 1. The van der Waals surface area contributed by atoms with Gasteiger partial charge < -0.3 is 15.0 Å². The first-order valence-corrected chi connectivity index (χ1v) is 8.69. The lowest BCUT2D eigenvalue weighted by atomic mass is 9.93. The molecule has 0 bridgehead atoms. The number of aromatic amines is 1. The Labute approximate surface area is 149 Å². The van der Waals surface area contributed by atoms with Crippen LogP contribution in [-0.4, -0.2) is 43.8 Å². The smallest absolute Gasteiger partial charge is 0.407 e. The van der Waals surface area contributed by atoms with Gasteiger partial charge in [0.1, 0.15) is 5.65 Å². The number of aromatic nitrogens is 3. The number of amides is 1. The van der Waals surface area contributed by atoms with Crippen LogP contribution in [0.3, 0.4) is 0 Å². The van der Waals surface area contributed by atoms with Gasteiger partial charge in [-0.1, -0.05) is 29.8 Å². The highest BCUT2D eigenvalue weighted by molar-refractivity contribution is 5.77. The van der Waals surface area contributed by atoms with Crippen LogP contribution in [-0.2, 0) is 0 Å². The molecule has 0 saturated carbocycles. The fourth-order valence-corrected chi connectivity index (χ4v) is 3.61. The van der Waals surface area contributed by atoms with E-state index in [4.69, 9.17) is 5.11 Å². The van der Waals surface area contributed by atoms with Gasteiger partial charge in [-0.15, -0.1) is 0 Å². The molecule has 2 N–H and O–H groups in total. The molecule has 26 heavy (non-hydrogen) atoms. The molecule has 0 spiro atoms. The predicted octanol–water partition coefficient (Wildman–Crippen LogP) is 2.86. The second-order valence-corrected chi connectivity index (χ2v) is 6.79. The lowest BCUT2D eigenvalue weighted by Gasteiger charge is -2.30. The number of piperidine rings is 1. The Morgan fingerprint density at radius 3 is 2.58 bits per heavy atom. The molecule has 4 rings (SSSR count). The number of H-pyrrole nitrogens is 1. The zero-order valence-electron chi connectivity index (χ0n) is 14.5. The Hall–Kier alpha value is -3.09. The molecule has 1 aliphatic rings. The van der Waals surface area contributed by atoms with E-state index >= 15 is 0 Å². The minimum atomic E-state index is -0.889. The first-order chi connectivity index (χ1) is 12.5. The highest BCUT2D eigenvalue weighted by atomic mass is 16.4. The van der Waals surface area contributed by atoms with Crippen molar-refractivity contribution in [3.05, 3.63) is 58.1 Å². The van der Waals surface area contributed by atoms with E-state index in [0.717, 1.165) is 16.8 Å². The fourth-order valence-electron chi connectivity index (χ4n) is 3.61. The third-order valence-corrected chi connectivity index (χ3v) is 5.08. The molecule has 7 heteroatoms. The molecule has 0 aliphatic carbocycles. The standard InChI is InChI=1S/C19H20N4O3/c1-12-2-4-13(5-3-12)15-11-20-23-16(10-17(24)21-18(15)23)14-6-8-22(9-7-14)19(25)26/h2-5,10-11,14H,6-9H2,1H3,(H,21,24)(H,25,26). The first kappa shape index (κ1) is 16.4. The van der Waals surface area contributed by atoms with Gasteiger partial charge in [-0.3, -0.25) is 4.79 Å². The summed E-state index contributed by atoms with van der Waals surface area (Å²) in [6, 6.07) is 9.68. The number of rotatable bonds is 2. The second kappa shape index (κ2) is 6.33. The van der Waals surface area contributed by atoms with E-state index in [-0.39, 0.29) is 11.5 Å². The monoisotopic (exact) mass is 352 g/mol. The summed E-state index contributed by atoms with van der Waals surface area (Å²) in [7, 11) is 0. The van der Waals surface area contributed by atoms with E-state index in [9.17, 15) is 9.59 Å². The Balaban J connectivity index is 1.74. The van der Waals surface area contributed by atoms with Gasteiger partial charge in [-0.25, -0.2) is 9.31 Å². The summed E-state index contributed by atoms with van der Waals surface area (Å²) in [5, 5.41) is 13.6. The van der Waals surface area contributed by atoms with Crippen molar-refractivity contribution in [2.24, 2.45) is 0 Å². The maximum absolute atomic E-state index is 12.3. The van der Waals surface area contributed by atoms with Crippen LogP contribution in [0.2, 0.25) is 0 Å². The van der Waals surface area contributed by atoms with Crippen LogP contribution >= 0.6 is 0 Å². The molecule has 2 aromatic heterocycles. The zero-order chi connectivity index (χ0) is 18.3. The average molecular weight is 352 g/mol. The Morgan fingerprint density at radius 2 is 1.92 bits per heavy atom. The van der Waals surface area contributed by atoms with Gasteiger partial charge in [-0.05, 0) is 25.3 Å². The number of aryl methyl sites for hydroxylation is 1. The van der Waals surface area contributed by atoms with Crippen molar-refractivity contribution in [1.29, 1.82) is 0 Å². The quantitative estimate of drug-likeness (QED) is 0.742. The molecule has 3 aromatic rings. The maximum Gasteiger partial charge on any atom is 0.407 e. The number of hydrogen-bond donors (Lipinski definition) is 2. The number of nitrogens with one attached hydrogen (secondary N) is 1. The number of hydrogen-bond acceptors (Lipinski definition) is 3. The van der Waals surface area contributed by atoms with Gasteiger partial charge in [0.05, 0.1) is 11.9 Å². The highest BCUT2D eigenvalue weighted by Crippen LogP contribution is 2.30. The summed E-state index contributed by atoms with van der Waals surface area (Å²) in [5.41, 5.74) is 4.40. The number of fused-ring (bicyclic) bond motifs is 1. The first-order valence-electron chi connectivity index (χ1n) is 8.69. The molecule has 134 valence electrons. The maximum atomic E-state index is 12.3. The Bertz CT molecular complexity index is 1010. The van der Waals surface area contributed by atoms with Crippen LogP contribution in [0.5, 0.6) is 0 Å². The van der Waals surface area contributed by atoms with Crippen molar-refractivity contribution in [3.8, 4) is 11.1 Å². The van der Waals surface area contributed by atoms with Crippen LogP contribution in [0.4, 0.5) is 4.79 Å². The normalized spacial score (nSPS) is 15.5. The molecule has 0 atom stereocenters. The van der Waals surface area contributed by atoms with Crippen molar-refractivity contribution in [2.75, 3.05) is 13.1 Å². The number of benzene rings is 1. The third-order valence-electron chi connectivity index (χ3n) is 5.08. The molecule has 1 amide bonds. The summed E-state index contributed by atoms with van der Waals surface area (Å²) >= 11 is 0. The van der Waals surface area contributed by atoms with Crippen LogP contribution in [0, 0.1) is 6.92 Å². The van der Waals surface area contributed by atoms with E-state index in [0.29, 0.717) is 31.6 Å². The second-order valence-electron chi connectivity index (χ2n) is 6.79. The minimum absolute atomic E-state index is 0.112. The predicted molar refractivity (Wildman–Crippen MR) is 97.6 cm³/mol. The zero-order valence-corrected chi connectivity index (χ0v) is 14.5. The van der Waals surface area contributed by atoms with Gasteiger partial charge in [0.25, 0.3) is 5.56 Å². The van der Waals surface area contributed by atoms with E-state index in [1.807, 2.05) is 31.2 Å². The summed E-state index contributed by atoms with van der Waals surface area (Å²) in [4.78, 5) is 27.7.